The number of aliphatic hydroxyl groups is 1. The average molecular weight is 972 g/mol. The third-order valence-electron chi connectivity index (χ3n) is 10.8. The first-order chi connectivity index (χ1) is 33.1. The van der Waals surface area contributed by atoms with Gasteiger partial charge < -0.3 is 25.2 Å². The number of phosphoric ester groups is 1. The largest absolute Gasteiger partial charge is 0.480 e. The normalized spacial score (nSPS) is 14.3. The summed E-state index contributed by atoms with van der Waals surface area (Å²) >= 11 is 0. The number of carbonyl (C=O) groups is 3. The lowest BCUT2D eigenvalue weighted by Crippen LogP contribution is -2.43. The zero-order valence-electron chi connectivity index (χ0n) is 42.4. The van der Waals surface area contributed by atoms with Crippen molar-refractivity contribution in [3.8, 4) is 0 Å². The van der Waals surface area contributed by atoms with Gasteiger partial charge in [0.1, 0.15) is 12.7 Å². The van der Waals surface area contributed by atoms with E-state index in [9.17, 15) is 34.1 Å². The van der Waals surface area contributed by atoms with E-state index in [2.05, 4.69) is 116 Å². The van der Waals surface area contributed by atoms with Gasteiger partial charge in [-0.2, -0.15) is 0 Å². The van der Waals surface area contributed by atoms with Crippen LogP contribution in [0.2, 0.25) is 0 Å². The minimum absolute atomic E-state index is 0.118. The van der Waals surface area contributed by atoms with E-state index in [1.165, 1.54) is 64.2 Å². The molecule has 0 aliphatic carbocycles. The summed E-state index contributed by atoms with van der Waals surface area (Å²) in [4.78, 5) is 46.2. The third-order valence-corrected chi connectivity index (χ3v) is 11.8. The highest BCUT2D eigenvalue weighted by Gasteiger charge is 2.28. The highest BCUT2D eigenvalue weighted by atomic mass is 31.2. The molecule has 1 amide bonds. The van der Waals surface area contributed by atoms with Crippen molar-refractivity contribution in [2.75, 3.05) is 19.8 Å². The lowest BCUT2D eigenvalue weighted by atomic mass is 10.1. The molecule has 0 bridgehead atoms. The monoisotopic (exact) mass is 972 g/mol. The quantitative estimate of drug-likeness (QED) is 0.0199. The number of carboxylic acids is 1. The molecule has 388 valence electrons. The van der Waals surface area contributed by atoms with Crippen LogP contribution < -0.4 is 5.32 Å². The van der Waals surface area contributed by atoms with Gasteiger partial charge in [0, 0.05) is 12.8 Å². The van der Waals surface area contributed by atoms with E-state index in [0.29, 0.717) is 12.8 Å². The molecular weight excluding hydrogens is 878 g/mol. The molecule has 0 radical (unpaired) electrons. The Balaban J connectivity index is 3.90. The summed E-state index contributed by atoms with van der Waals surface area (Å²) in [5.74, 6) is -2.42. The summed E-state index contributed by atoms with van der Waals surface area (Å²) in [5, 5.41) is 21.9. The number of carbonyl (C=O) groups excluding carboxylic acids is 2. The van der Waals surface area contributed by atoms with Gasteiger partial charge >= 0.3 is 19.8 Å². The number of allylic oxidation sites excluding steroid dienone is 16. The summed E-state index contributed by atoms with van der Waals surface area (Å²) in [5.41, 5.74) is 0. The van der Waals surface area contributed by atoms with Gasteiger partial charge in [0.2, 0.25) is 5.91 Å². The number of nitrogens with one attached hydrogen (secondary N) is 1. The lowest BCUT2D eigenvalue weighted by Gasteiger charge is -2.18. The van der Waals surface area contributed by atoms with Gasteiger partial charge in [0.25, 0.3) is 0 Å². The van der Waals surface area contributed by atoms with E-state index in [1.54, 1.807) is 0 Å². The Kier molecular flexibility index (Phi) is 47.2. The fraction of sp³-hybridized carbons (Fsp3) is 0.661. The smallest absolute Gasteiger partial charge is 0.472 e. The number of amides is 1. The van der Waals surface area contributed by atoms with Crippen molar-refractivity contribution in [2.45, 2.75) is 219 Å². The van der Waals surface area contributed by atoms with Crippen molar-refractivity contribution >= 4 is 25.7 Å². The molecule has 0 saturated carbocycles. The van der Waals surface area contributed by atoms with E-state index in [-0.39, 0.29) is 12.8 Å². The molecule has 0 aliphatic rings. The zero-order valence-corrected chi connectivity index (χ0v) is 43.3. The van der Waals surface area contributed by atoms with Crippen molar-refractivity contribution in [1.29, 1.82) is 0 Å². The highest BCUT2D eigenvalue weighted by molar-refractivity contribution is 7.47. The maximum Gasteiger partial charge on any atom is 0.472 e. The minimum Gasteiger partial charge on any atom is -0.480 e. The Morgan fingerprint density at radius 3 is 1.21 bits per heavy atom. The molecule has 0 rings (SSSR count). The highest BCUT2D eigenvalue weighted by Crippen LogP contribution is 2.43. The minimum atomic E-state index is -4.78. The Morgan fingerprint density at radius 1 is 0.471 bits per heavy atom. The van der Waals surface area contributed by atoms with Crippen LogP contribution in [0.15, 0.2) is 97.2 Å². The van der Waals surface area contributed by atoms with E-state index in [1.807, 2.05) is 0 Å². The molecule has 0 aromatic carbocycles. The van der Waals surface area contributed by atoms with Crippen LogP contribution in [-0.2, 0) is 32.7 Å². The second-order valence-electron chi connectivity index (χ2n) is 17.4. The first-order valence-corrected chi connectivity index (χ1v) is 27.8. The van der Waals surface area contributed by atoms with Crippen molar-refractivity contribution in [1.82, 2.24) is 5.32 Å². The first kappa shape index (κ1) is 64.4. The van der Waals surface area contributed by atoms with Crippen LogP contribution in [0.25, 0.3) is 0 Å². The Hall–Kier alpha value is -3.60. The van der Waals surface area contributed by atoms with Gasteiger partial charge in [-0.1, -0.05) is 188 Å². The Labute approximate surface area is 413 Å². The summed E-state index contributed by atoms with van der Waals surface area (Å²) in [6.45, 7) is 2.52. The fourth-order valence-electron chi connectivity index (χ4n) is 6.75. The molecule has 68 heavy (non-hydrogen) atoms. The topological polar surface area (TPSA) is 169 Å². The van der Waals surface area contributed by atoms with Crippen molar-refractivity contribution in [2.24, 2.45) is 0 Å². The molecule has 0 aromatic heterocycles. The average Bonchev–Trinajstić information content (AvgIpc) is 3.32. The second kappa shape index (κ2) is 49.8. The molecule has 0 saturated heterocycles. The second-order valence-corrected chi connectivity index (χ2v) is 18.8. The number of carboxylic acid groups (broad SMARTS) is 1. The molecule has 4 N–H and O–H groups in total. The van der Waals surface area contributed by atoms with Crippen LogP contribution in [-0.4, -0.2) is 64.9 Å². The van der Waals surface area contributed by atoms with Crippen LogP contribution in [0.5, 0.6) is 0 Å². The number of phosphoric acid groups is 1. The molecular formula is C56H94NO10P. The van der Waals surface area contributed by atoms with Crippen LogP contribution in [0.1, 0.15) is 206 Å². The van der Waals surface area contributed by atoms with Crippen molar-refractivity contribution in [3.63, 3.8) is 0 Å². The molecule has 11 nitrogen and oxygen atoms in total. The van der Waals surface area contributed by atoms with Gasteiger partial charge in [-0.05, 0) is 103 Å². The number of unbranched alkanes of at least 4 members (excludes halogenated alkanes) is 18. The van der Waals surface area contributed by atoms with E-state index in [4.69, 9.17) is 13.8 Å². The third kappa shape index (κ3) is 48.8. The number of ether oxygens (including phenoxy) is 1. The molecule has 0 heterocycles. The van der Waals surface area contributed by atoms with Crippen LogP contribution in [0.4, 0.5) is 0 Å². The number of hydrogen-bond donors (Lipinski definition) is 4. The summed E-state index contributed by atoms with van der Waals surface area (Å²) in [6, 6.07) is -1.57. The summed E-state index contributed by atoms with van der Waals surface area (Å²) < 4.78 is 27.0. The molecule has 3 unspecified atom stereocenters. The van der Waals surface area contributed by atoms with Gasteiger partial charge in [-0.25, -0.2) is 9.36 Å². The number of rotatable bonds is 48. The maximum absolute atomic E-state index is 12.4. The summed E-state index contributed by atoms with van der Waals surface area (Å²) in [7, 11) is -4.78. The number of esters is 1. The maximum atomic E-state index is 12.4. The molecule has 0 aromatic rings. The van der Waals surface area contributed by atoms with Crippen molar-refractivity contribution in [3.05, 3.63) is 97.2 Å². The van der Waals surface area contributed by atoms with E-state index >= 15 is 0 Å². The van der Waals surface area contributed by atoms with Crippen LogP contribution in [0, 0.1) is 0 Å². The molecule has 0 spiro atoms. The first-order valence-electron chi connectivity index (χ1n) is 26.3. The van der Waals surface area contributed by atoms with E-state index < -0.39 is 57.6 Å². The van der Waals surface area contributed by atoms with Gasteiger partial charge in [-0.15, -0.1) is 0 Å². The number of aliphatic hydroxyl groups excluding tert-OH is 1. The van der Waals surface area contributed by atoms with Gasteiger partial charge in [-0.3, -0.25) is 18.6 Å². The molecule has 0 aliphatic heterocycles. The standard InChI is InChI=1S/C56H94NO10P/c1-3-5-7-9-11-13-15-17-19-21-23-25-26-28-30-32-34-36-38-40-42-44-46-48-55(60)65-49-52(58)50-66-68(63,64)67-51-53(56(61)62)57-54(59)47-45-43-41-39-37-35-33-31-29-27-24-22-20-18-16-14-12-10-8-6-4-2/h11-14,17-20,23-25,27-28,30-31,33,52-53,58H,3-10,15-16,21-22,26,29,32,34-51H2,1-2H3,(H,57,59)(H,61,62)(H,63,64)/b13-11-,14-12-,19-17-,20-18-,25-23-,27-24-,30-28-,33-31-. The predicted molar refractivity (Wildman–Crippen MR) is 281 cm³/mol. The zero-order chi connectivity index (χ0) is 49.9. The number of hydrogen-bond acceptors (Lipinski definition) is 8. The van der Waals surface area contributed by atoms with Gasteiger partial charge in [0.05, 0.1) is 13.2 Å². The predicted octanol–water partition coefficient (Wildman–Crippen LogP) is 14.8. The van der Waals surface area contributed by atoms with Crippen molar-refractivity contribution < 1.29 is 47.8 Å². The van der Waals surface area contributed by atoms with Crippen LogP contribution in [0.3, 0.4) is 0 Å². The number of aliphatic carboxylic acids is 1. The SMILES string of the molecule is CCCCC/C=C\C/C=C\C/C=C\C/C=C\CCCCCCCCCC(=O)OCC(O)COP(=O)(O)OCC(NC(=O)CCCCCCC/C=C\C/C=C\C/C=C\C/C=C\CCCCC)C(=O)O. The molecule has 0 fully saturated rings. The Bertz CT molecular complexity index is 1510. The van der Waals surface area contributed by atoms with E-state index in [0.717, 1.165) is 103 Å². The summed E-state index contributed by atoms with van der Waals surface area (Å²) in [6.07, 6.45) is 64.2. The van der Waals surface area contributed by atoms with Crippen LogP contribution >= 0.6 is 7.82 Å². The van der Waals surface area contributed by atoms with Gasteiger partial charge in [0.15, 0.2) is 6.04 Å². The molecule has 12 heteroatoms. The fourth-order valence-corrected chi connectivity index (χ4v) is 7.52. The lowest BCUT2D eigenvalue weighted by molar-refractivity contribution is -0.147. The Morgan fingerprint density at radius 2 is 0.809 bits per heavy atom. The molecule has 3 atom stereocenters.